The summed E-state index contributed by atoms with van der Waals surface area (Å²) in [5.41, 5.74) is 9.83. The maximum atomic E-state index is 12.1. The van der Waals surface area contributed by atoms with E-state index in [1.807, 2.05) is 22.9 Å². The number of fused-ring (bicyclic) bond motifs is 6. The largest absolute Gasteiger partial charge is 0.304 e. The second kappa shape index (κ2) is 17.0. The highest BCUT2D eigenvalue weighted by Crippen LogP contribution is 2.44. The molecule has 0 unspecified atom stereocenters. The highest BCUT2D eigenvalue weighted by molar-refractivity contribution is 7.88. The smallest absolute Gasteiger partial charge is 0.281 e. The third kappa shape index (κ3) is 8.22. The van der Waals surface area contributed by atoms with Crippen molar-refractivity contribution in [2.24, 2.45) is 0 Å². The average Bonchev–Trinajstić information content (AvgIpc) is 3.90. The fourth-order valence-corrected chi connectivity index (χ4v) is 11.6. The van der Waals surface area contributed by atoms with E-state index in [2.05, 4.69) is 35.8 Å². The van der Waals surface area contributed by atoms with Crippen LogP contribution in [0.2, 0.25) is 20.1 Å². The quantitative estimate of drug-likeness (QED) is 0.0976. The molecule has 0 fully saturated rings. The molecule has 7 nitrogen and oxygen atoms in total. The summed E-state index contributed by atoms with van der Waals surface area (Å²) in [4.78, 5) is 2.05. The number of hydrogen-bond acceptors (Lipinski definition) is 6. The molecule has 14 heteroatoms. The van der Waals surface area contributed by atoms with E-state index in [9.17, 15) is 13.0 Å². The zero-order chi connectivity index (χ0) is 39.0. The summed E-state index contributed by atoms with van der Waals surface area (Å²) >= 11 is 28.7. The van der Waals surface area contributed by atoms with Gasteiger partial charge in [0.1, 0.15) is 4.21 Å². The molecule has 4 aromatic heterocycles. The van der Waals surface area contributed by atoms with Crippen LogP contribution < -0.4 is 0 Å². The molecule has 2 aliphatic rings. The molecule has 0 aliphatic heterocycles. The van der Waals surface area contributed by atoms with Gasteiger partial charge in [-0.3, -0.25) is 4.55 Å². The molecule has 0 atom stereocenters. The Bertz CT molecular complexity index is 2600. The first-order chi connectivity index (χ1) is 27.1. The summed E-state index contributed by atoms with van der Waals surface area (Å²) in [6, 6.07) is 14.7. The molecule has 0 radical (unpaired) electrons. The first-order valence-electron chi connectivity index (χ1n) is 18.7. The lowest BCUT2D eigenvalue weighted by Gasteiger charge is -2.10. The van der Waals surface area contributed by atoms with Crippen LogP contribution in [0.3, 0.4) is 0 Å². The van der Waals surface area contributed by atoms with Crippen LogP contribution in [0.4, 0.5) is 0 Å². The zero-order valence-corrected chi connectivity index (χ0v) is 35.8. The molecule has 0 saturated heterocycles. The van der Waals surface area contributed by atoms with Gasteiger partial charge in [0, 0.05) is 21.2 Å². The van der Waals surface area contributed by atoms with E-state index in [-0.39, 0.29) is 4.21 Å². The van der Waals surface area contributed by atoms with Crippen molar-refractivity contribution in [1.82, 2.24) is 19.6 Å². The van der Waals surface area contributed by atoms with E-state index in [1.165, 1.54) is 16.0 Å². The first-order valence-corrected chi connectivity index (χ1v) is 23.4. The molecule has 0 bridgehead atoms. The Morgan fingerprint density at radius 2 is 1.21 bits per heavy atom. The van der Waals surface area contributed by atoms with Gasteiger partial charge in [-0.1, -0.05) is 71.4 Å². The van der Waals surface area contributed by atoms with Crippen LogP contribution >= 0.6 is 69.1 Å². The van der Waals surface area contributed by atoms with Crippen molar-refractivity contribution in [3.63, 3.8) is 0 Å². The van der Waals surface area contributed by atoms with Crippen LogP contribution in [0.15, 0.2) is 70.3 Å². The molecule has 56 heavy (non-hydrogen) atoms. The van der Waals surface area contributed by atoms with E-state index in [0.29, 0.717) is 32.2 Å². The Morgan fingerprint density at radius 3 is 1.75 bits per heavy atom. The number of halogens is 4. The van der Waals surface area contributed by atoms with Gasteiger partial charge < -0.3 is 0 Å². The topological polar surface area (TPSA) is 90.0 Å². The van der Waals surface area contributed by atoms with Crippen molar-refractivity contribution in [1.29, 1.82) is 0 Å². The maximum Gasteiger partial charge on any atom is 0.304 e. The fraction of sp³-hybridized carbons (Fsp3) is 0.286. The van der Waals surface area contributed by atoms with Crippen LogP contribution in [0.1, 0.15) is 85.0 Å². The van der Waals surface area contributed by atoms with E-state index < -0.39 is 10.1 Å². The lowest BCUT2D eigenvalue weighted by molar-refractivity contribution is 0.485. The number of nitrogens with zero attached hydrogens (tertiary/aromatic N) is 4. The van der Waals surface area contributed by atoms with E-state index in [4.69, 9.17) is 56.6 Å². The summed E-state index contributed by atoms with van der Waals surface area (Å²) in [5, 5.41) is 14.4. The minimum atomic E-state index is -4.35. The van der Waals surface area contributed by atoms with Crippen molar-refractivity contribution in [2.75, 3.05) is 0 Å². The second-order valence-corrected chi connectivity index (χ2v) is 19.4. The molecule has 0 saturated carbocycles. The third-order valence-electron chi connectivity index (χ3n) is 10.3. The van der Waals surface area contributed by atoms with Crippen LogP contribution in [0, 0.1) is 0 Å². The third-order valence-corrected chi connectivity index (χ3v) is 14.8. The van der Waals surface area contributed by atoms with Crippen molar-refractivity contribution >= 4 is 91.3 Å². The highest BCUT2D eigenvalue weighted by atomic mass is 35.5. The second-order valence-electron chi connectivity index (χ2n) is 14.1. The normalized spacial score (nSPS) is 14.2. The van der Waals surface area contributed by atoms with E-state index >= 15 is 0 Å². The molecular weight excluding hydrogens is 846 g/mol. The molecule has 1 N–H and O–H groups in total. The predicted octanol–water partition coefficient (Wildman–Crippen LogP) is 13.4. The molecule has 2 aromatic carbocycles. The molecule has 0 amide bonds. The monoisotopic (exact) mass is 882 g/mol. The summed E-state index contributed by atoms with van der Waals surface area (Å²) in [7, 11) is -4.35. The maximum absolute atomic E-state index is 12.1. The zero-order valence-electron chi connectivity index (χ0n) is 30.3. The summed E-state index contributed by atoms with van der Waals surface area (Å²) in [6.07, 6.45) is 20.4. The number of thiophene rings is 2. The van der Waals surface area contributed by atoms with Crippen LogP contribution in [0.5, 0.6) is 0 Å². The van der Waals surface area contributed by atoms with E-state index in [0.717, 1.165) is 126 Å². The molecule has 0 spiro atoms. The molecule has 4 heterocycles. The minimum absolute atomic E-state index is 0.0697. The number of allylic oxidation sites excluding steroid dienone is 2. The van der Waals surface area contributed by atoms with Crippen molar-refractivity contribution < 1.29 is 13.0 Å². The molecule has 290 valence electrons. The van der Waals surface area contributed by atoms with Gasteiger partial charge in [-0.15, -0.1) is 22.7 Å². The van der Waals surface area contributed by atoms with Gasteiger partial charge in [-0.05, 0) is 141 Å². The predicted molar refractivity (Wildman–Crippen MR) is 233 cm³/mol. The molecular formula is C42H38Cl4N4O3S3. The fourth-order valence-electron chi connectivity index (χ4n) is 7.65. The van der Waals surface area contributed by atoms with Gasteiger partial charge in [0.15, 0.2) is 0 Å². The summed E-state index contributed by atoms with van der Waals surface area (Å²) in [6.45, 7) is 0. The SMILES string of the molecule is O=S(=O)(O)c1cc2c(s1)-c1c(c(/C=C/CCCCCC/C=C/c3nn(-c4ccc(Cl)cc4Cl)c4c3CCCc3ccsc3-4)nn1-c1ccc(Cl)cc1Cl)CCC2. The number of rotatable bonds is 12. The van der Waals surface area contributed by atoms with Gasteiger partial charge in [0.2, 0.25) is 0 Å². The van der Waals surface area contributed by atoms with Crippen LogP contribution in [0.25, 0.3) is 44.7 Å². The van der Waals surface area contributed by atoms with Crippen molar-refractivity contribution in [3.05, 3.63) is 120 Å². The van der Waals surface area contributed by atoms with E-state index in [1.54, 1.807) is 40.3 Å². The number of aromatic nitrogens is 4. The Labute approximate surface area is 355 Å². The number of unbranched alkanes of at least 4 members (excludes halogenated alkanes) is 5. The van der Waals surface area contributed by atoms with Gasteiger partial charge >= 0.3 is 10.1 Å². The minimum Gasteiger partial charge on any atom is -0.281 e. The Kier molecular flexibility index (Phi) is 12.0. The van der Waals surface area contributed by atoms with Crippen LogP contribution in [-0.2, 0) is 35.8 Å². The van der Waals surface area contributed by atoms with Crippen molar-refractivity contribution in [2.45, 2.75) is 81.3 Å². The van der Waals surface area contributed by atoms with Gasteiger partial charge in [-0.25, -0.2) is 9.36 Å². The Morgan fingerprint density at radius 1 is 0.679 bits per heavy atom. The number of benzene rings is 2. The molecule has 8 rings (SSSR count). The molecule has 2 aliphatic carbocycles. The van der Waals surface area contributed by atoms with Crippen molar-refractivity contribution in [3.8, 4) is 32.5 Å². The molecule has 6 aromatic rings. The standard InChI is InChI=1S/C42H38Cl4N4O3S3/c43-28-17-19-36(32(45)24-28)49-39-30(13-9-11-26-21-22-54-41(26)39)34(47-49)15-7-5-3-1-2-4-6-8-16-35-31-14-10-12-27-23-38(56(51,52)53)55-42(27)40(31)50(48-35)37-20-18-29(44)25-33(37)46/h7-8,15-25H,1-6,9-14H2,(H,51,52,53)/b15-7+,16-8+. The summed E-state index contributed by atoms with van der Waals surface area (Å²) in [5.74, 6) is 0. The lowest BCUT2D eigenvalue weighted by atomic mass is 10.1. The van der Waals surface area contributed by atoms with Crippen LogP contribution in [-0.4, -0.2) is 32.5 Å². The van der Waals surface area contributed by atoms with Gasteiger partial charge in [-0.2, -0.15) is 18.6 Å². The Balaban J connectivity index is 0.922. The highest BCUT2D eigenvalue weighted by Gasteiger charge is 2.29. The Hall–Kier alpha value is -3.19. The van der Waals surface area contributed by atoms with Gasteiger partial charge in [0.05, 0.1) is 54.0 Å². The first kappa shape index (κ1) is 39.6. The lowest BCUT2D eigenvalue weighted by Crippen LogP contribution is -2.00. The van der Waals surface area contributed by atoms with Gasteiger partial charge in [0.25, 0.3) is 0 Å². The number of hydrogen-bond donors (Lipinski definition) is 1. The average molecular weight is 885 g/mol. The summed E-state index contributed by atoms with van der Waals surface area (Å²) < 4.78 is 37.8. The number of aryl methyl sites for hydroxylation is 2.